The van der Waals surface area contributed by atoms with Crippen LogP contribution in [-0.2, 0) is 4.74 Å². The average molecular weight is 265 g/mol. The van der Waals surface area contributed by atoms with Crippen molar-refractivity contribution in [1.82, 2.24) is 9.97 Å². The summed E-state index contributed by atoms with van der Waals surface area (Å²) >= 11 is 0. The molecule has 1 atom stereocenters. The molecule has 6 heteroatoms. The Balaban J connectivity index is 2.11. The second-order valence-electron chi connectivity index (χ2n) is 4.84. The molecule has 2 rings (SSSR count). The van der Waals surface area contributed by atoms with E-state index in [9.17, 15) is 0 Å². The number of hydrogen-bond donors (Lipinski definition) is 2. The van der Waals surface area contributed by atoms with E-state index in [1.165, 1.54) is 0 Å². The molecular weight excluding hydrogens is 242 g/mol. The van der Waals surface area contributed by atoms with Gasteiger partial charge < -0.3 is 20.7 Å². The Hall–Kier alpha value is -1.56. The van der Waals surface area contributed by atoms with Crippen LogP contribution < -0.4 is 16.0 Å². The van der Waals surface area contributed by atoms with E-state index in [2.05, 4.69) is 27.1 Å². The number of rotatable bonds is 5. The number of piperidine rings is 1. The van der Waals surface area contributed by atoms with E-state index in [4.69, 9.17) is 10.5 Å². The van der Waals surface area contributed by atoms with Gasteiger partial charge in [0.25, 0.3) is 0 Å². The molecule has 1 unspecified atom stereocenters. The van der Waals surface area contributed by atoms with Gasteiger partial charge in [-0.25, -0.2) is 0 Å². The topological polar surface area (TPSA) is 76.3 Å². The summed E-state index contributed by atoms with van der Waals surface area (Å²) in [5.41, 5.74) is 5.78. The number of anilines is 3. The number of hydrogen-bond acceptors (Lipinski definition) is 6. The average Bonchev–Trinajstić information content (AvgIpc) is 2.44. The fraction of sp³-hybridized carbons (Fsp3) is 0.692. The van der Waals surface area contributed by atoms with Crippen molar-refractivity contribution in [3.63, 3.8) is 0 Å². The van der Waals surface area contributed by atoms with Crippen molar-refractivity contribution in [3.05, 3.63) is 6.07 Å². The molecule has 1 aromatic rings. The number of nitrogen functional groups attached to an aromatic ring is 1. The maximum Gasteiger partial charge on any atom is 0.223 e. The minimum Gasteiger partial charge on any atom is -0.380 e. The van der Waals surface area contributed by atoms with E-state index >= 15 is 0 Å². The number of aromatic nitrogens is 2. The van der Waals surface area contributed by atoms with E-state index in [0.717, 1.165) is 50.5 Å². The summed E-state index contributed by atoms with van der Waals surface area (Å²) in [5, 5.41) is 3.25. The van der Waals surface area contributed by atoms with E-state index in [0.29, 0.717) is 5.95 Å². The van der Waals surface area contributed by atoms with Gasteiger partial charge in [0.15, 0.2) is 0 Å². The van der Waals surface area contributed by atoms with Crippen molar-refractivity contribution in [2.24, 2.45) is 0 Å². The van der Waals surface area contributed by atoms with Crippen LogP contribution in [0.2, 0.25) is 0 Å². The van der Waals surface area contributed by atoms with Crippen LogP contribution >= 0.6 is 0 Å². The van der Waals surface area contributed by atoms with Crippen molar-refractivity contribution in [1.29, 1.82) is 0 Å². The molecule has 0 aromatic carbocycles. The van der Waals surface area contributed by atoms with Crippen LogP contribution in [0.15, 0.2) is 6.07 Å². The van der Waals surface area contributed by atoms with E-state index in [1.54, 1.807) is 7.11 Å². The lowest BCUT2D eigenvalue weighted by atomic mass is 10.1. The van der Waals surface area contributed by atoms with Crippen LogP contribution in [-0.4, -0.2) is 42.8 Å². The van der Waals surface area contributed by atoms with Crippen molar-refractivity contribution >= 4 is 17.6 Å². The highest BCUT2D eigenvalue weighted by molar-refractivity contribution is 5.52. The zero-order valence-electron chi connectivity index (χ0n) is 11.7. The first-order chi connectivity index (χ1) is 9.22. The minimum atomic E-state index is 0.275. The van der Waals surface area contributed by atoms with Gasteiger partial charge in [0, 0.05) is 32.8 Å². The molecule has 106 valence electrons. The van der Waals surface area contributed by atoms with Gasteiger partial charge in [-0.05, 0) is 19.3 Å². The van der Waals surface area contributed by atoms with Crippen LogP contribution in [0.3, 0.4) is 0 Å². The van der Waals surface area contributed by atoms with E-state index < -0.39 is 0 Å². The molecule has 6 nitrogen and oxygen atoms in total. The molecule has 1 aliphatic heterocycles. The predicted molar refractivity (Wildman–Crippen MR) is 77.5 cm³/mol. The van der Waals surface area contributed by atoms with Gasteiger partial charge in [-0.2, -0.15) is 9.97 Å². The van der Waals surface area contributed by atoms with Crippen molar-refractivity contribution < 1.29 is 4.74 Å². The Bertz CT molecular complexity index is 412. The molecule has 1 saturated heterocycles. The summed E-state index contributed by atoms with van der Waals surface area (Å²) in [6.45, 7) is 4.85. The van der Waals surface area contributed by atoms with Crippen molar-refractivity contribution in [3.8, 4) is 0 Å². The molecule has 1 fully saturated rings. The molecule has 19 heavy (non-hydrogen) atoms. The number of nitrogens with zero attached hydrogens (tertiary/aromatic N) is 3. The largest absolute Gasteiger partial charge is 0.380 e. The molecule has 0 amide bonds. The van der Waals surface area contributed by atoms with Crippen LogP contribution in [0.5, 0.6) is 0 Å². The molecule has 2 heterocycles. The third-order valence-electron chi connectivity index (χ3n) is 3.32. The highest BCUT2D eigenvalue weighted by Crippen LogP contribution is 2.22. The number of nitrogens with one attached hydrogen (secondary N) is 1. The van der Waals surface area contributed by atoms with Gasteiger partial charge in [-0.3, -0.25) is 0 Å². The Labute approximate surface area is 114 Å². The number of ether oxygens (including phenoxy) is 1. The number of nitrogens with two attached hydrogens (primary N) is 1. The van der Waals surface area contributed by atoms with Gasteiger partial charge in [-0.1, -0.05) is 6.92 Å². The SMILES string of the molecule is CCCNc1cc(N2CCCC(OC)C2)nc(N)n1. The standard InChI is InChI=1S/C13H23N5O/c1-3-6-15-11-8-12(17-13(14)16-11)18-7-4-5-10(9-18)19-2/h8,10H,3-7,9H2,1-2H3,(H3,14,15,16,17). The van der Waals surface area contributed by atoms with Gasteiger partial charge >= 0.3 is 0 Å². The summed E-state index contributed by atoms with van der Waals surface area (Å²) < 4.78 is 5.44. The number of methoxy groups -OCH3 is 1. The Morgan fingerprint density at radius 1 is 1.53 bits per heavy atom. The highest BCUT2D eigenvalue weighted by Gasteiger charge is 2.21. The first-order valence-corrected chi connectivity index (χ1v) is 6.89. The Morgan fingerprint density at radius 3 is 3.11 bits per heavy atom. The fourth-order valence-electron chi connectivity index (χ4n) is 2.30. The summed E-state index contributed by atoms with van der Waals surface area (Å²) in [5.74, 6) is 1.99. The molecule has 0 bridgehead atoms. The maximum absolute atomic E-state index is 5.78. The maximum atomic E-state index is 5.78. The molecule has 3 N–H and O–H groups in total. The van der Waals surface area contributed by atoms with E-state index in [-0.39, 0.29) is 6.10 Å². The summed E-state index contributed by atoms with van der Waals surface area (Å²) in [6, 6.07) is 1.96. The second-order valence-corrected chi connectivity index (χ2v) is 4.84. The smallest absolute Gasteiger partial charge is 0.223 e. The van der Waals surface area contributed by atoms with Gasteiger partial charge in [-0.15, -0.1) is 0 Å². The van der Waals surface area contributed by atoms with Gasteiger partial charge in [0.1, 0.15) is 11.6 Å². The lowest BCUT2D eigenvalue weighted by molar-refractivity contribution is 0.0891. The monoisotopic (exact) mass is 265 g/mol. The normalized spacial score (nSPS) is 19.5. The molecule has 0 aliphatic carbocycles. The second kappa shape index (κ2) is 6.56. The minimum absolute atomic E-state index is 0.275. The van der Waals surface area contributed by atoms with Gasteiger partial charge in [0.2, 0.25) is 5.95 Å². The molecule has 0 spiro atoms. The molecule has 1 aromatic heterocycles. The summed E-state index contributed by atoms with van der Waals surface area (Å²) in [6.07, 6.45) is 3.54. The van der Waals surface area contributed by atoms with Crippen LogP contribution in [0, 0.1) is 0 Å². The van der Waals surface area contributed by atoms with Crippen LogP contribution in [0.25, 0.3) is 0 Å². The fourth-order valence-corrected chi connectivity index (χ4v) is 2.30. The van der Waals surface area contributed by atoms with Gasteiger partial charge in [0.05, 0.1) is 6.10 Å². The molecule has 1 aliphatic rings. The van der Waals surface area contributed by atoms with Crippen molar-refractivity contribution in [2.75, 3.05) is 42.7 Å². The molecule has 0 radical (unpaired) electrons. The van der Waals surface area contributed by atoms with Crippen LogP contribution in [0.1, 0.15) is 26.2 Å². The third-order valence-corrected chi connectivity index (χ3v) is 3.32. The van der Waals surface area contributed by atoms with E-state index in [1.807, 2.05) is 6.07 Å². The zero-order chi connectivity index (χ0) is 13.7. The van der Waals surface area contributed by atoms with Crippen molar-refractivity contribution in [2.45, 2.75) is 32.3 Å². The first kappa shape index (κ1) is 13.9. The molecular formula is C13H23N5O. The highest BCUT2D eigenvalue weighted by atomic mass is 16.5. The van der Waals surface area contributed by atoms with Crippen LogP contribution in [0.4, 0.5) is 17.6 Å². The predicted octanol–water partition coefficient (Wildman–Crippen LogP) is 1.50. The first-order valence-electron chi connectivity index (χ1n) is 6.89. The quantitative estimate of drug-likeness (QED) is 0.840. The lowest BCUT2D eigenvalue weighted by Crippen LogP contribution is -2.39. The Kier molecular flexibility index (Phi) is 4.79. The summed E-state index contributed by atoms with van der Waals surface area (Å²) in [4.78, 5) is 10.7. The summed E-state index contributed by atoms with van der Waals surface area (Å²) in [7, 11) is 1.76. The lowest BCUT2D eigenvalue weighted by Gasteiger charge is -2.32. The Morgan fingerprint density at radius 2 is 2.37 bits per heavy atom. The molecule has 0 saturated carbocycles. The zero-order valence-corrected chi connectivity index (χ0v) is 11.7. The third kappa shape index (κ3) is 3.70.